The Bertz CT molecular complexity index is 2460. The maximum atomic E-state index is 12.6. The zero-order chi connectivity index (χ0) is 79.6. The smallest absolute Gasteiger partial charge is 0.137 e. The van der Waals surface area contributed by atoms with E-state index in [0.29, 0.717) is 71.7 Å². The first-order valence-electron chi connectivity index (χ1n) is 41.9. The van der Waals surface area contributed by atoms with Crippen molar-refractivity contribution in [1.82, 2.24) is 0 Å². The largest absolute Gasteiger partial charge is 0.299 e. The first-order chi connectivity index (χ1) is 46.2. The van der Waals surface area contributed by atoms with Crippen LogP contribution in [0.25, 0.3) is 0 Å². The van der Waals surface area contributed by atoms with Gasteiger partial charge in [0, 0.05) is 74.0 Å². The number of rotatable bonds is 33. The standard InChI is InChI=1S/C18H32O.C17H32O.C16H28O.C16H30O.C15H28O.C14H26O/c1-18(2,3)13-17(19)16(11-10-14-8-9-14)12-15-6-4-5-7-15;1-16(2,3)11-14(10-9-13-7-8-13)15(18)12-17(4,5)6;1-6-7-8-13(10-14-9-12(14)2)15(17)11-16(3,4)5;1-8-9-10-13(11-15(2,3)4)14(17)12-16(5,6)7;1-8-9-10-12(15(5,6)7)13(16)11-14(2,3)4;1-7-8-9-12(11(2)3)13(15)10-14(4,5)6/h14-16H,4-13H2,1-3H3;13-14H,7-12H2,1-6H3;6-7,12-14H,8-11H2,1-5H3;8-9,13H,10-12H2,1-7H3;8-9,12H,10-11H2,1-7H3;7-8,11-12H,9-10H2,1-6H3/b;;7-6+;2*9-8+;8-7+. The first kappa shape index (κ1) is 101. The molecule has 4 aliphatic rings. The molecule has 0 radical (unpaired) electrons. The predicted molar refractivity (Wildman–Crippen MR) is 448 cm³/mol. The number of ketones is 6. The minimum Gasteiger partial charge on any atom is -0.299 e. The Morgan fingerprint density at radius 3 is 0.980 bits per heavy atom. The van der Waals surface area contributed by atoms with Gasteiger partial charge in [0.15, 0.2) is 0 Å². The van der Waals surface area contributed by atoms with Gasteiger partial charge in [-0.1, -0.05) is 308 Å². The zero-order valence-electron chi connectivity index (χ0n) is 74.6. The summed E-state index contributed by atoms with van der Waals surface area (Å²) in [5.41, 5.74) is 1.26. The van der Waals surface area contributed by atoms with Gasteiger partial charge in [0.25, 0.3) is 0 Å². The van der Waals surface area contributed by atoms with Crippen LogP contribution in [-0.4, -0.2) is 34.7 Å². The highest BCUT2D eigenvalue weighted by atomic mass is 16.1. The minimum absolute atomic E-state index is 0.0574. The normalized spacial score (nSPS) is 19.0. The zero-order valence-corrected chi connectivity index (χ0v) is 74.6. The van der Waals surface area contributed by atoms with E-state index in [9.17, 15) is 28.8 Å². The summed E-state index contributed by atoms with van der Waals surface area (Å²) in [5.74, 6) is 9.08. The lowest BCUT2D eigenvalue weighted by molar-refractivity contribution is -0.128. The Morgan fingerprint density at radius 2 is 0.647 bits per heavy atom. The molecule has 4 saturated carbocycles. The van der Waals surface area contributed by atoms with Gasteiger partial charge < -0.3 is 0 Å². The van der Waals surface area contributed by atoms with E-state index in [1.165, 1.54) is 83.5 Å². The molecule has 0 aromatic rings. The molecule has 0 aromatic carbocycles. The molecule has 6 nitrogen and oxygen atoms in total. The number of Topliss-reactive ketones (excluding diaryl/α,β-unsaturated/α-hetero) is 6. The first-order valence-corrected chi connectivity index (χ1v) is 41.9. The highest BCUT2D eigenvalue weighted by Crippen LogP contribution is 2.45. The summed E-state index contributed by atoms with van der Waals surface area (Å²) in [5, 5.41) is 0. The van der Waals surface area contributed by atoms with Crippen LogP contribution in [0, 0.1) is 120 Å². The van der Waals surface area contributed by atoms with Crippen LogP contribution < -0.4 is 0 Å². The van der Waals surface area contributed by atoms with Crippen molar-refractivity contribution in [3.05, 3.63) is 48.6 Å². The Morgan fingerprint density at radius 1 is 0.343 bits per heavy atom. The number of carbonyl (C=O) groups excluding carboxylic acids is 6. The third kappa shape index (κ3) is 58.1. The van der Waals surface area contributed by atoms with Crippen molar-refractivity contribution in [2.24, 2.45) is 120 Å². The van der Waals surface area contributed by atoms with Gasteiger partial charge in [-0.25, -0.2) is 0 Å². The molecule has 8 unspecified atom stereocenters. The molecule has 4 rings (SSSR count). The molecule has 102 heavy (non-hydrogen) atoms. The maximum absolute atomic E-state index is 12.6. The maximum Gasteiger partial charge on any atom is 0.137 e. The number of hydrogen-bond acceptors (Lipinski definition) is 6. The topological polar surface area (TPSA) is 102 Å². The van der Waals surface area contributed by atoms with Crippen LogP contribution in [0.5, 0.6) is 0 Å². The average Bonchev–Trinajstić information content (AvgIpc) is 1.71. The Labute approximate surface area is 637 Å². The molecule has 0 aromatic heterocycles. The Balaban J connectivity index is 0. The second-order valence-corrected chi connectivity index (χ2v) is 44.2. The van der Waals surface area contributed by atoms with Gasteiger partial charge in [0.2, 0.25) is 0 Å². The van der Waals surface area contributed by atoms with Crippen LogP contribution >= 0.6 is 0 Å². The molecule has 6 heteroatoms. The van der Waals surface area contributed by atoms with Crippen LogP contribution in [0.15, 0.2) is 48.6 Å². The van der Waals surface area contributed by atoms with E-state index in [1.54, 1.807) is 0 Å². The van der Waals surface area contributed by atoms with E-state index >= 15 is 0 Å². The molecule has 0 amide bonds. The number of hydrogen-bond donors (Lipinski definition) is 0. The van der Waals surface area contributed by atoms with Crippen LogP contribution in [-0.2, 0) is 28.8 Å². The van der Waals surface area contributed by atoms with E-state index in [2.05, 4.69) is 238 Å². The lowest BCUT2D eigenvalue weighted by atomic mass is 9.72. The summed E-state index contributed by atoms with van der Waals surface area (Å²) in [4.78, 5) is 74.0. The van der Waals surface area contributed by atoms with E-state index in [-0.39, 0.29) is 72.4 Å². The lowest BCUT2D eigenvalue weighted by Crippen LogP contribution is -2.30. The summed E-state index contributed by atoms with van der Waals surface area (Å²) in [7, 11) is 0. The Kier molecular flexibility index (Phi) is 46.6. The van der Waals surface area contributed by atoms with Crippen molar-refractivity contribution >= 4 is 34.7 Å². The molecule has 0 aliphatic heterocycles. The molecule has 0 heterocycles. The summed E-state index contributed by atoms with van der Waals surface area (Å²) >= 11 is 0. The van der Waals surface area contributed by atoms with Gasteiger partial charge in [0.05, 0.1) is 0 Å². The molecule has 0 saturated heterocycles. The van der Waals surface area contributed by atoms with Gasteiger partial charge in [0.1, 0.15) is 34.7 Å². The van der Waals surface area contributed by atoms with Crippen LogP contribution in [0.4, 0.5) is 0 Å². The highest BCUT2D eigenvalue weighted by molar-refractivity contribution is 5.84. The highest BCUT2D eigenvalue weighted by Gasteiger charge is 2.38. The van der Waals surface area contributed by atoms with E-state index in [4.69, 9.17) is 0 Å². The van der Waals surface area contributed by atoms with E-state index in [1.807, 2.05) is 45.9 Å². The summed E-state index contributed by atoms with van der Waals surface area (Å²) < 4.78 is 0. The van der Waals surface area contributed by atoms with Gasteiger partial charge in [-0.15, -0.1) is 0 Å². The molecular weight excluding hydrogens is 1250 g/mol. The van der Waals surface area contributed by atoms with Crippen LogP contribution in [0.2, 0.25) is 0 Å². The van der Waals surface area contributed by atoms with Gasteiger partial charge in [-0.2, -0.15) is 0 Å². The fraction of sp³-hybridized carbons (Fsp3) is 0.854. The quantitative estimate of drug-likeness (QED) is 0.0607. The lowest BCUT2D eigenvalue weighted by Gasteiger charge is -2.31. The van der Waals surface area contributed by atoms with Gasteiger partial charge in [-0.3, -0.25) is 28.8 Å². The Hall–Kier alpha value is -3.02. The van der Waals surface area contributed by atoms with Crippen molar-refractivity contribution in [3.63, 3.8) is 0 Å². The SMILES string of the molecule is C/C=C/CC(C(=O)CC(C)(C)C)C(C)(C)C.C/C=C/CC(C(=O)CC(C)(C)C)C(C)C.C/C=C/CC(CC(C)(C)C)C(=O)CC(C)(C)C.C/C=C/CC(CC1CC1C)C(=O)CC(C)(C)C.CC(C)(C)CC(=O)C(CCC1CC1)CC(C)(C)C.CC(C)(C)CC(=O)C(CCC1CC1)CC1CCCC1. The van der Waals surface area contributed by atoms with Crippen LogP contribution in [0.3, 0.4) is 0 Å². The fourth-order valence-electron chi connectivity index (χ4n) is 14.2. The molecule has 4 aliphatic carbocycles. The summed E-state index contributed by atoms with van der Waals surface area (Å²) in [6.07, 6.45) is 46.2. The van der Waals surface area contributed by atoms with Crippen molar-refractivity contribution < 1.29 is 28.8 Å². The van der Waals surface area contributed by atoms with E-state index < -0.39 is 0 Å². The molecule has 0 spiro atoms. The molecule has 4 fully saturated rings. The fourth-order valence-corrected chi connectivity index (χ4v) is 14.2. The molecule has 0 N–H and O–H groups in total. The monoisotopic (exact) mass is 1430 g/mol. The van der Waals surface area contributed by atoms with Gasteiger partial charge in [-0.05, 0) is 195 Å². The average molecular weight is 1430 g/mol. The number of allylic oxidation sites excluding steroid dienone is 8. The third-order valence-corrected chi connectivity index (χ3v) is 20.2. The summed E-state index contributed by atoms with van der Waals surface area (Å²) in [6.45, 7) is 73.1. The van der Waals surface area contributed by atoms with Crippen molar-refractivity contribution in [1.29, 1.82) is 0 Å². The number of carbonyl (C=O) groups is 6. The van der Waals surface area contributed by atoms with Crippen molar-refractivity contribution in [2.45, 2.75) is 409 Å². The molecular formula is C96H176O6. The molecule has 596 valence electrons. The van der Waals surface area contributed by atoms with Crippen LogP contribution in [0.1, 0.15) is 409 Å². The summed E-state index contributed by atoms with van der Waals surface area (Å²) in [6, 6.07) is 0. The minimum atomic E-state index is 0.0574. The van der Waals surface area contributed by atoms with Gasteiger partial charge >= 0.3 is 0 Å². The second kappa shape index (κ2) is 47.0. The van der Waals surface area contributed by atoms with Crippen molar-refractivity contribution in [2.75, 3.05) is 0 Å². The van der Waals surface area contributed by atoms with E-state index in [0.717, 1.165) is 100 Å². The molecule has 8 atom stereocenters. The second-order valence-electron chi connectivity index (χ2n) is 44.2. The predicted octanol–water partition coefficient (Wildman–Crippen LogP) is 29.1. The van der Waals surface area contributed by atoms with Crippen molar-refractivity contribution in [3.8, 4) is 0 Å². The third-order valence-electron chi connectivity index (χ3n) is 20.2. The molecule has 0 bridgehead atoms.